The van der Waals surface area contributed by atoms with Crippen molar-refractivity contribution in [3.8, 4) is 16.3 Å². The van der Waals surface area contributed by atoms with E-state index in [1.807, 2.05) is 18.2 Å². The van der Waals surface area contributed by atoms with E-state index in [0.29, 0.717) is 0 Å². The second-order valence-electron chi connectivity index (χ2n) is 3.83. The van der Waals surface area contributed by atoms with Crippen molar-refractivity contribution in [2.75, 3.05) is 7.11 Å². The minimum Gasteiger partial charge on any atom is -0.495 e. The normalized spacial score (nSPS) is 10.8. The number of hydrogen-bond donors (Lipinski definition) is 0. The Morgan fingerprint density at radius 1 is 1.11 bits per heavy atom. The molecule has 0 unspecified atom stereocenters. The smallest absolute Gasteiger partial charge is 0.138 e. The van der Waals surface area contributed by atoms with E-state index in [4.69, 9.17) is 4.74 Å². The fourth-order valence-electron chi connectivity index (χ4n) is 1.80. The van der Waals surface area contributed by atoms with Crippen LogP contribution in [-0.2, 0) is 0 Å². The van der Waals surface area contributed by atoms with Crippen LogP contribution in [0.15, 0.2) is 42.5 Å². The molecule has 3 rings (SSSR count). The summed E-state index contributed by atoms with van der Waals surface area (Å²) in [4.78, 5) is 4.54. The van der Waals surface area contributed by atoms with E-state index in [2.05, 4.69) is 4.98 Å². The molecule has 0 N–H and O–H groups in total. The molecule has 18 heavy (non-hydrogen) atoms. The van der Waals surface area contributed by atoms with Gasteiger partial charge in [-0.15, -0.1) is 11.3 Å². The highest BCUT2D eigenvalue weighted by Crippen LogP contribution is 2.35. The first-order valence-electron chi connectivity index (χ1n) is 5.47. The van der Waals surface area contributed by atoms with E-state index in [0.717, 1.165) is 26.5 Å². The highest BCUT2D eigenvalue weighted by molar-refractivity contribution is 7.22. The summed E-state index contributed by atoms with van der Waals surface area (Å²) in [5.74, 6) is 0.579. The lowest BCUT2D eigenvalue weighted by Gasteiger charge is -1.98. The Morgan fingerprint density at radius 3 is 2.61 bits per heavy atom. The van der Waals surface area contributed by atoms with Gasteiger partial charge in [0.05, 0.1) is 17.3 Å². The third-order valence-electron chi connectivity index (χ3n) is 2.69. The lowest BCUT2D eigenvalue weighted by atomic mass is 10.2. The zero-order valence-corrected chi connectivity index (χ0v) is 10.5. The Bertz CT molecular complexity index is 691. The largest absolute Gasteiger partial charge is 0.495 e. The van der Waals surface area contributed by atoms with E-state index in [1.165, 1.54) is 12.1 Å². The number of methoxy groups -OCH3 is 1. The third kappa shape index (κ3) is 1.84. The molecule has 0 bridgehead atoms. The first-order valence-corrected chi connectivity index (χ1v) is 6.29. The Kier molecular flexibility index (Phi) is 2.72. The molecule has 3 aromatic rings. The van der Waals surface area contributed by atoms with Crippen molar-refractivity contribution in [3.05, 3.63) is 48.3 Å². The Morgan fingerprint density at radius 2 is 1.89 bits per heavy atom. The summed E-state index contributed by atoms with van der Waals surface area (Å²) >= 11 is 1.55. The van der Waals surface area contributed by atoms with Crippen molar-refractivity contribution in [3.63, 3.8) is 0 Å². The summed E-state index contributed by atoms with van der Waals surface area (Å²) in [7, 11) is 1.64. The first kappa shape index (κ1) is 11.2. The highest BCUT2D eigenvalue weighted by Gasteiger charge is 2.09. The number of halogens is 1. The van der Waals surface area contributed by atoms with Gasteiger partial charge in [-0.05, 0) is 36.4 Å². The van der Waals surface area contributed by atoms with Gasteiger partial charge in [-0.25, -0.2) is 9.37 Å². The number of ether oxygens (including phenoxy) is 1. The van der Waals surface area contributed by atoms with Gasteiger partial charge in [0, 0.05) is 5.56 Å². The molecule has 0 saturated carbocycles. The van der Waals surface area contributed by atoms with Gasteiger partial charge < -0.3 is 4.74 Å². The first-order chi connectivity index (χ1) is 8.78. The van der Waals surface area contributed by atoms with Crippen molar-refractivity contribution in [1.29, 1.82) is 0 Å². The molecule has 0 fully saturated rings. The van der Waals surface area contributed by atoms with Gasteiger partial charge in [0.1, 0.15) is 16.6 Å². The summed E-state index contributed by atoms with van der Waals surface area (Å²) in [5, 5.41) is 0.870. The van der Waals surface area contributed by atoms with Crippen molar-refractivity contribution in [2.24, 2.45) is 0 Å². The monoisotopic (exact) mass is 259 g/mol. The summed E-state index contributed by atoms with van der Waals surface area (Å²) in [6, 6.07) is 12.1. The molecule has 0 atom stereocenters. The fourth-order valence-corrected chi connectivity index (χ4v) is 2.86. The molecular formula is C14H10FNOS. The van der Waals surface area contributed by atoms with Crippen LogP contribution in [0.3, 0.4) is 0 Å². The van der Waals surface area contributed by atoms with Crippen LogP contribution in [0.4, 0.5) is 4.39 Å². The average molecular weight is 259 g/mol. The molecule has 0 amide bonds. The molecule has 0 aliphatic carbocycles. The van der Waals surface area contributed by atoms with Crippen LogP contribution in [0.1, 0.15) is 0 Å². The Balaban J connectivity index is 2.16. The third-order valence-corrected chi connectivity index (χ3v) is 3.82. The van der Waals surface area contributed by atoms with Gasteiger partial charge in [-0.2, -0.15) is 0 Å². The highest BCUT2D eigenvalue weighted by atomic mass is 32.1. The number of thiazole rings is 1. The molecular weight excluding hydrogens is 249 g/mol. The zero-order chi connectivity index (χ0) is 12.5. The molecule has 0 saturated heterocycles. The molecule has 0 aliphatic heterocycles. The van der Waals surface area contributed by atoms with Gasteiger partial charge in [-0.1, -0.05) is 6.07 Å². The maximum Gasteiger partial charge on any atom is 0.138 e. The molecule has 0 aliphatic rings. The summed E-state index contributed by atoms with van der Waals surface area (Å²) in [6.07, 6.45) is 0. The van der Waals surface area contributed by atoms with E-state index in [-0.39, 0.29) is 5.82 Å². The molecule has 1 heterocycles. The van der Waals surface area contributed by atoms with E-state index in [1.54, 1.807) is 30.6 Å². The maximum absolute atomic E-state index is 12.9. The van der Waals surface area contributed by atoms with Crippen LogP contribution >= 0.6 is 11.3 Å². The van der Waals surface area contributed by atoms with Crippen molar-refractivity contribution in [2.45, 2.75) is 0 Å². The van der Waals surface area contributed by atoms with Crippen molar-refractivity contribution >= 4 is 21.6 Å². The number of rotatable bonds is 2. The number of fused-ring (bicyclic) bond motifs is 1. The predicted octanol–water partition coefficient (Wildman–Crippen LogP) is 4.11. The number of nitrogens with zero attached hydrogens (tertiary/aromatic N) is 1. The van der Waals surface area contributed by atoms with Crippen LogP contribution in [0, 0.1) is 5.82 Å². The standard InChI is InChI=1S/C14H10FNOS/c1-17-12-4-2-3-11-13(12)18-14(16-11)9-5-7-10(15)8-6-9/h2-8H,1H3. The van der Waals surface area contributed by atoms with Gasteiger partial charge >= 0.3 is 0 Å². The van der Waals surface area contributed by atoms with E-state index in [9.17, 15) is 4.39 Å². The van der Waals surface area contributed by atoms with Crippen LogP contribution < -0.4 is 4.74 Å². The summed E-state index contributed by atoms with van der Waals surface area (Å²) in [6.45, 7) is 0. The Labute approximate surface area is 108 Å². The minimum absolute atomic E-state index is 0.238. The fraction of sp³-hybridized carbons (Fsp3) is 0.0714. The zero-order valence-electron chi connectivity index (χ0n) is 9.68. The molecule has 1 aromatic heterocycles. The van der Waals surface area contributed by atoms with E-state index < -0.39 is 0 Å². The number of hydrogen-bond acceptors (Lipinski definition) is 3. The van der Waals surface area contributed by atoms with Crippen molar-refractivity contribution in [1.82, 2.24) is 4.98 Å². The number of benzene rings is 2. The molecule has 90 valence electrons. The van der Waals surface area contributed by atoms with Crippen LogP contribution in [-0.4, -0.2) is 12.1 Å². The molecule has 2 nitrogen and oxygen atoms in total. The molecule has 2 aromatic carbocycles. The lowest BCUT2D eigenvalue weighted by Crippen LogP contribution is -1.81. The maximum atomic E-state index is 12.9. The van der Waals surface area contributed by atoms with Crippen LogP contribution in [0.25, 0.3) is 20.8 Å². The van der Waals surface area contributed by atoms with Gasteiger partial charge in [0.15, 0.2) is 0 Å². The summed E-state index contributed by atoms with van der Waals surface area (Å²) < 4.78 is 19.2. The SMILES string of the molecule is COc1cccc2nc(-c3ccc(F)cc3)sc12. The average Bonchev–Trinajstić information content (AvgIpc) is 2.83. The number of aromatic nitrogens is 1. The molecule has 0 spiro atoms. The van der Waals surface area contributed by atoms with Crippen LogP contribution in [0.2, 0.25) is 0 Å². The lowest BCUT2D eigenvalue weighted by molar-refractivity contribution is 0.420. The van der Waals surface area contributed by atoms with E-state index >= 15 is 0 Å². The van der Waals surface area contributed by atoms with Crippen LogP contribution in [0.5, 0.6) is 5.75 Å². The van der Waals surface area contributed by atoms with Gasteiger partial charge in [0.25, 0.3) is 0 Å². The minimum atomic E-state index is -0.238. The topological polar surface area (TPSA) is 22.1 Å². The Hall–Kier alpha value is -1.94. The van der Waals surface area contributed by atoms with Gasteiger partial charge in [0.2, 0.25) is 0 Å². The second-order valence-corrected chi connectivity index (χ2v) is 4.83. The predicted molar refractivity (Wildman–Crippen MR) is 71.6 cm³/mol. The quantitative estimate of drug-likeness (QED) is 0.691. The second kappa shape index (κ2) is 4.38. The van der Waals surface area contributed by atoms with Gasteiger partial charge in [-0.3, -0.25) is 0 Å². The van der Waals surface area contributed by atoms with Crippen molar-refractivity contribution < 1.29 is 9.13 Å². The molecule has 4 heteroatoms. The summed E-state index contributed by atoms with van der Waals surface area (Å²) in [5.41, 5.74) is 1.82. The molecule has 0 radical (unpaired) electrons.